The zero-order valence-corrected chi connectivity index (χ0v) is 12.2. The largest absolute Gasteiger partial charge is 0.481 e. The van der Waals surface area contributed by atoms with Gasteiger partial charge in [0.15, 0.2) is 0 Å². The standard InChI is InChI=1S/C9H11F6N3O2.C2H4O2/c10-8(11,12)6(19)17-4-1-5(3-16-2-4)18-7(20)9(13,14)15;1-2(3)4/h4-5,16H,1-3H2,(H,17,19)(H,18,20);1H3,(H,3,4). The van der Waals surface area contributed by atoms with Gasteiger partial charge in [-0.1, -0.05) is 0 Å². The fourth-order valence-electron chi connectivity index (χ4n) is 1.70. The van der Waals surface area contributed by atoms with Gasteiger partial charge in [0.25, 0.3) is 5.97 Å². The quantitative estimate of drug-likeness (QED) is 0.521. The maximum absolute atomic E-state index is 12.0. The third-order valence-corrected chi connectivity index (χ3v) is 2.54. The number of hydrogen-bond donors (Lipinski definition) is 4. The summed E-state index contributed by atoms with van der Waals surface area (Å²) in [7, 11) is 0. The Labute approximate surface area is 131 Å². The van der Waals surface area contributed by atoms with Crippen LogP contribution in [-0.4, -0.2) is 60.4 Å². The average Bonchev–Trinajstić information content (AvgIpc) is 2.36. The van der Waals surface area contributed by atoms with E-state index in [1.54, 1.807) is 10.6 Å². The van der Waals surface area contributed by atoms with Crippen molar-refractivity contribution < 1.29 is 45.8 Å². The summed E-state index contributed by atoms with van der Waals surface area (Å²) in [5.41, 5.74) is 0. The molecule has 2 unspecified atom stereocenters. The van der Waals surface area contributed by atoms with Gasteiger partial charge < -0.3 is 21.1 Å². The normalized spacial score (nSPS) is 21.1. The minimum Gasteiger partial charge on any atom is -0.481 e. The lowest BCUT2D eigenvalue weighted by atomic mass is 10.0. The van der Waals surface area contributed by atoms with E-state index in [0.717, 1.165) is 6.92 Å². The van der Waals surface area contributed by atoms with Gasteiger partial charge in [-0.25, -0.2) is 0 Å². The molecule has 0 bridgehead atoms. The molecule has 0 aromatic rings. The molecule has 0 aromatic carbocycles. The lowest BCUT2D eigenvalue weighted by Crippen LogP contribution is -2.58. The van der Waals surface area contributed by atoms with Gasteiger partial charge in [-0.05, 0) is 6.42 Å². The van der Waals surface area contributed by atoms with Crippen LogP contribution in [0.2, 0.25) is 0 Å². The van der Waals surface area contributed by atoms with Gasteiger partial charge in [-0.3, -0.25) is 14.4 Å². The molecule has 1 fully saturated rings. The maximum atomic E-state index is 12.0. The first-order valence-electron chi connectivity index (χ1n) is 6.39. The molecule has 24 heavy (non-hydrogen) atoms. The first-order chi connectivity index (χ1) is 10.7. The Bertz CT molecular complexity index is 428. The van der Waals surface area contributed by atoms with Gasteiger partial charge >= 0.3 is 24.2 Å². The second-order valence-corrected chi connectivity index (χ2v) is 4.75. The van der Waals surface area contributed by atoms with Crippen molar-refractivity contribution >= 4 is 17.8 Å². The maximum Gasteiger partial charge on any atom is 0.471 e. The van der Waals surface area contributed by atoms with Crippen LogP contribution in [0.3, 0.4) is 0 Å². The Kier molecular flexibility index (Phi) is 7.96. The molecule has 0 spiro atoms. The van der Waals surface area contributed by atoms with E-state index in [1.165, 1.54) is 0 Å². The number of alkyl halides is 6. The minimum atomic E-state index is -5.07. The van der Waals surface area contributed by atoms with Gasteiger partial charge in [-0.2, -0.15) is 26.3 Å². The Morgan fingerprint density at radius 3 is 1.46 bits per heavy atom. The molecule has 4 N–H and O–H groups in total. The fourth-order valence-corrected chi connectivity index (χ4v) is 1.70. The third kappa shape index (κ3) is 9.17. The molecule has 2 atom stereocenters. The molecule has 7 nitrogen and oxygen atoms in total. The number of amides is 2. The summed E-state index contributed by atoms with van der Waals surface area (Å²) >= 11 is 0. The number of carbonyl (C=O) groups excluding carboxylic acids is 2. The van der Waals surface area contributed by atoms with E-state index in [2.05, 4.69) is 5.32 Å². The summed E-state index contributed by atoms with van der Waals surface area (Å²) < 4.78 is 72.1. The number of aliphatic carboxylic acids is 1. The van der Waals surface area contributed by atoms with Crippen LogP contribution in [0.1, 0.15) is 13.3 Å². The highest BCUT2D eigenvalue weighted by molar-refractivity contribution is 5.82. The van der Waals surface area contributed by atoms with Gasteiger partial charge in [0.05, 0.1) is 0 Å². The monoisotopic (exact) mass is 367 g/mol. The van der Waals surface area contributed by atoms with Crippen molar-refractivity contribution in [2.75, 3.05) is 13.1 Å². The molecule has 0 radical (unpaired) electrons. The molecule has 0 aromatic heterocycles. The number of halogens is 6. The second-order valence-electron chi connectivity index (χ2n) is 4.75. The smallest absolute Gasteiger partial charge is 0.471 e. The van der Waals surface area contributed by atoms with Crippen molar-refractivity contribution in [3.63, 3.8) is 0 Å². The van der Waals surface area contributed by atoms with E-state index in [-0.39, 0.29) is 19.5 Å². The van der Waals surface area contributed by atoms with Crippen molar-refractivity contribution in [1.82, 2.24) is 16.0 Å². The fraction of sp³-hybridized carbons (Fsp3) is 0.727. The molecule has 1 saturated heterocycles. The molecule has 1 rings (SSSR count). The zero-order chi connectivity index (χ0) is 19.1. The highest BCUT2D eigenvalue weighted by Crippen LogP contribution is 2.17. The Balaban J connectivity index is 0.00000118. The van der Waals surface area contributed by atoms with Crippen LogP contribution in [0.5, 0.6) is 0 Å². The predicted octanol–water partition coefficient (Wildman–Crippen LogP) is 0.165. The molecule has 2 amide bonds. The van der Waals surface area contributed by atoms with E-state index in [9.17, 15) is 35.9 Å². The summed E-state index contributed by atoms with van der Waals surface area (Å²) in [4.78, 5) is 30.4. The number of carbonyl (C=O) groups is 3. The van der Waals surface area contributed by atoms with Crippen LogP contribution in [-0.2, 0) is 14.4 Å². The number of nitrogens with one attached hydrogen (secondary N) is 3. The summed E-state index contributed by atoms with van der Waals surface area (Å²) in [6, 6.07) is -2.03. The lowest BCUT2D eigenvalue weighted by molar-refractivity contribution is -0.175. The number of rotatable bonds is 2. The van der Waals surface area contributed by atoms with Crippen LogP contribution in [0.15, 0.2) is 0 Å². The zero-order valence-electron chi connectivity index (χ0n) is 12.2. The molecular formula is C11H15F6N3O4. The molecule has 1 heterocycles. The summed E-state index contributed by atoms with van der Waals surface area (Å²) in [5.74, 6) is -5.18. The minimum absolute atomic E-state index is 0.0276. The van der Waals surface area contributed by atoms with Crippen molar-refractivity contribution in [2.24, 2.45) is 0 Å². The number of piperidine rings is 1. The Morgan fingerprint density at radius 2 is 1.21 bits per heavy atom. The van der Waals surface area contributed by atoms with Crippen LogP contribution in [0.4, 0.5) is 26.3 Å². The van der Waals surface area contributed by atoms with Gasteiger partial charge in [0.1, 0.15) is 0 Å². The highest BCUT2D eigenvalue weighted by atomic mass is 19.4. The number of carboxylic acid groups (broad SMARTS) is 1. The van der Waals surface area contributed by atoms with Gasteiger partial charge in [0, 0.05) is 32.1 Å². The van der Waals surface area contributed by atoms with Crippen molar-refractivity contribution in [3.05, 3.63) is 0 Å². The van der Waals surface area contributed by atoms with E-state index in [0.29, 0.717) is 0 Å². The van der Waals surface area contributed by atoms with E-state index < -0.39 is 42.2 Å². The number of carboxylic acids is 1. The molecule has 140 valence electrons. The molecule has 0 aliphatic carbocycles. The van der Waals surface area contributed by atoms with Crippen molar-refractivity contribution in [1.29, 1.82) is 0 Å². The predicted molar refractivity (Wildman–Crippen MR) is 66.8 cm³/mol. The summed E-state index contributed by atoms with van der Waals surface area (Å²) in [6.45, 7) is 1.03. The van der Waals surface area contributed by atoms with Gasteiger partial charge in [0.2, 0.25) is 0 Å². The molecule has 0 saturated carbocycles. The summed E-state index contributed by atoms with van der Waals surface area (Å²) in [5, 5.41) is 13.2. The molecule has 1 aliphatic rings. The first-order valence-corrected chi connectivity index (χ1v) is 6.39. The topological polar surface area (TPSA) is 108 Å². The second kappa shape index (κ2) is 8.70. The molecular weight excluding hydrogens is 352 g/mol. The van der Waals surface area contributed by atoms with Gasteiger partial charge in [-0.15, -0.1) is 0 Å². The van der Waals surface area contributed by atoms with Crippen LogP contribution >= 0.6 is 0 Å². The molecule has 1 aliphatic heterocycles. The van der Waals surface area contributed by atoms with E-state index >= 15 is 0 Å². The van der Waals surface area contributed by atoms with Crippen LogP contribution < -0.4 is 16.0 Å². The van der Waals surface area contributed by atoms with E-state index in [1.807, 2.05) is 0 Å². The van der Waals surface area contributed by atoms with Crippen LogP contribution in [0.25, 0.3) is 0 Å². The Morgan fingerprint density at radius 1 is 0.917 bits per heavy atom. The Hall–Kier alpha value is -2.05. The SMILES string of the molecule is CC(=O)O.O=C(NC1CNCC(NC(=O)C(F)(F)F)C1)C(F)(F)F. The van der Waals surface area contributed by atoms with E-state index in [4.69, 9.17) is 9.90 Å². The summed E-state index contributed by atoms with van der Waals surface area (Å²) in [6.07, 6.45) is -10.4. The van der Waals surface area contributed by atoms with Crippen molar-refractivity contribution in [3.8, 4) is 0 Å². The highest BCUT2D eigenvalue weighted by Gasteiger charge is 2.42. The van der Waals surface area contributed by atoms with Crippen molar-refractivity contribution in [2.45, 2.75) is 37.8 Å². The molecule has 13 heteroatoms. The third-order valence-electron chi connectivity index (χ3n) is 2.54. The lowest BCUT2D eigenvalue weighted by Gasteiger charge is -2.31. The number of hydrogen-bond acceptors (Lipinski definition) is 4. The first kappa shape index (κ1) is 21.9. The van der Waals surface area contributed by atoms with Crippen LogP contribution in [0, 0.1) is 0 Å². The average molecular weight is 367 g/mol.